The van der Waals surface area contributed by atoms with Gasteiger partial charge in [0.2, 0.25) is 0 Å². The Labute approximate surface area is 74.7 Å². The van der Waals surface area contributed by atoms with Crippen LogP contribution in [-0.4, -0.2) is 12.3 Å². The fourth-order valence-electron chi connectivity index (χ4n) is 1.34. The number of carbonyl (C=O) groups is 1. The fourth-order valence-corrected chi connectivity index (χ4v) is 1.49. The molecule has 12 heavy (non-hydrogen) atoms. The van der Waals surface area contributed by atoms with E-state index >= 15 is 0 Å². The van der Waals surface area contributed by atoms with Gasteiger partial charge in [-0.3, -0.25) is 4.79 Å². The molecule has 0 aromatic carbocycles. The summed E-state index contributed by atoms with van der Waals surface area (Å²) in [5, 5.41) is 3.36. The molecule has 2 rings (SSSR count). The Morgan fingerprint density at radius 2 is 2.42 bits per heavy atom. The van der Waals surface area contributed by atoms with Crippen molar-refractivity contribution >= 4 is 17.4 Å². The highest BCUT2D eigenvalue weighted by Gasteiger charge is 2.27. The minimum absolute atomic E-state index is 0.168. The highest BCUT2D eigenvalue weighted by Crippen LogP contribution is 2.23. The Bertz CT molecular complexity index is 308. The lowest BCUT2D eigenvalue weighted by atomic mass is 10.1. The van der Waals surface area contributed by atoms with E-state index in [0.29, 0.717) is 17.4 Å². The predicted molar refractivity (Wildman–Crippen MR) is 44.1 cm³/mol. The SMILES string of the molecule is O=C1CCNC1c1ccc(Cl)o1. The summed E-state index contributed by atoms with van der Waals surface area (Å²) in [7, 11) is 0. The molecule has 2 heterocycles. The molecule has 0 radical (unpaired) electrons. The van der Waals surface area contributed by atoms with E-state index in [1.807, 2.05) is 0 Å². The molecule has 0 aliphatic carbocycles. The van der Waals surface area contributed by atoms with Crippen LogP contribution < -0.4 is 5.32 Å². The predicted octanol–water partition coefficient (Wildman–Crippen LogP) is 1.54. The Hall–Kier alpha value is -0.800. The van der Waals surface area contributed by atoms with Crippen LogP contribution in [0.4, 0.5) is 0 Å². The Kier molecular flexibility index (Phi) is 1.90. The van der Waals surface area contributed by atoms with Crippen LogP contribution in [0.25, 0.3) is 0 Å². The van der Waals surface area contributed by atoms with Gasteiger partial charge in [0.25, 0.3) is 0 Å². The molecule has 1 aromatic heterocycles. The molecule has 1 unspecified atom stereocenters. The van der Waals surface area contributed by atoms with Crippen LogP contribution in [0.5, 0.6) is 0 Å². The largest absolute Gasteiger partial charge is 0.448 e. The van der Waals surface area contributed by atoms with Gasteiger partial charge in [-0.25, -0.2) is 0 Å². The van der Waals surface area contributed by atoms with Gasteiger partial charge in [-0.15, -0.1) is 0 Å². The Morgan fingerprint density at radius 3 is 2.92 bits per heavy atom. The first-order valence-corrected chi connectivity index (χ1v) is 4.16. The van der Waals surface area contributed by atoms with Crippen molar-refractivity contribution in [2.45, 2.75) is 12.5 Å². The molecule has 1 aliphatic rings. The first kappa shape index (κ1) is 7.83. The van der Waals surface area contributed by atoms with Crippen molar-refractivity contribution < 1.29 is 9.21 Å². The van der Waals surface area contributed by atoms with Crippen LogP contribution in [0.3, 0.4) is 0 Å². The molecule has 64 valence electrons. The molecule has 0 amide bonds. The number of hydrogen-bond donors (Lipinski definition) is 1. The number of halogens is 1. The van der Waals surface area contributed by atoms with E-state index in [-0.39, 0.29) is 11.8 Å². The van der Waals surface area contributed by atoms with Crippen molar-refractivity contribution in [2.75, 3.05) is 6.54 Å². The molecule has 4 heteroatoms. The summed E-state index contributed by atoms with van der Waals surface area (Å²) < 4.78 is 5.12. The molecule has 1 N–H and O–H groups in total. The number of furan rings is 1. The van der Waals surface area contributed by atoms with Crippen molar-refractivity contribution in [3.8, 4) is 0 Å². The number of Topliss-reactive ketones (excluding diaryl/α,β-unsaturated/α-hetero) is 1. The molecule has 0 spiro atoms. The molecule has 1 aromatic rings. The monoisotopic (exact) mass is 185 g/mol. The molecule has 1 saturated heterocycles. The third-order valence-corrected chi connectivity index (χ3v) is 2.12. The molecule has 3 nitrogen and oxygen atoms in total. The van der Waals surface area contributed by atoms with Gasteiger partial charge in [-0.2, -0.15) is 0 Å². The zero-order chi connectivity index (χ0) is 8.55. The second kappa shape index (κ2) is 2.92. The van der Waals surface area contributed by atoms with Crippen molar-refractivity contribution in [3.63, 3.8) is 0 Å². The molecule has 1 aliphatic heterocycles. The van der Waals surface area contributed by atoms with Crippen LogP contribution in [0.15, 0.2) is 16.5 Å². The zero-order valence-electron chi connectivity index (χ0n) is 6.34. The fraction of sp³-hybridized carbons (Fsp3) is 0.375. The van der Waals surface area contributed by atoms with E-state index in [1.54, 1.807) is 12.1 Å². The number of nitrogens with one attached hydrogen (secondary N) is 1. The Morgan fingerprint density at radius 1 is 1.58 bits per heavy atom. The summed E-state index contributed by atoms with van der Waals surface area (Å²) in [5.41, 5.74) is 0. The zero-order valence-corrected chi connectivity index (χ0v) is 7.10. The molecule has 0 saturated carbocycles. The summed E-state index contributed by atoms with van der Waals surface area (Å²) in [5.74, 6) is 0.781. The van der Waals surface area contributed by atoms with E-state index in [4.69, 9.17) is 16.0 Å². The average Bonchev–Trinajstić information content (AvgIpc) is 2.58. The highest BCUT2D eigenvalue weighted by atomic mass is 35.5. The standard InChI is InChI=1S/C8H8ClNO2/c9-7-2-1-6(12-7)8-5(11)3-4-10-8/h1-2,8,10H,3-4H2. The lowest BCUT2D eigenvalue weighted by Crippen LogP contribution is -2.16. The normalized spacial score (nSPS) is 23.4. The van der Waals surface area contributed by atoms with E-state index in [0.717, 1.165) is 6.54 Å². The van der Waals surface area contributed by atoms with E-state index in [1.165, 1.54) is 0 Å². The number of rotatable bonds is 1. The van der Waals surface area contributed by atoms with Gasteiger partial charge in [0.05, 0.1) is 0 Å². The topological polar surface area (TPSA) is 42.2 Å². The molecule has 1 fully saturated rings. The van der Waals surface area contributed by atoms with Crippen LogP contribution >= 0.6 is 11.6 Å². The van der Waals surface area contributed by atoms with E-state index < -0.39 is 0 Å². The summed E-state index contributed by atoms with van der Waals surface area (Å²) in [6.45, 7) is 0.724. The van der Waals surface area contributed by atoms with Crippen LogP contribution in [0, 0.1) is 0 Å². The van der Waals surface area contributed by atoms with Gasteiger partial charge in [-0.1, -0.05) is 0 Å². The van der Waals surface area contributed by atoms with Crippen LogP contribution in [0.1, 0.15) is 18.2 Å². The minimum atomic E-state index is -0.280. The van der Waals surface area contributed by atoms with Gasteiger partial charge in [0.15, 0.2) is 11.0 Å². The molecular weight excluding hydrogens is 178 g/mol. The maximum absolute atomic E-state index is 11.2. The summed E-state index contributed by atoms with van der Waals surface area (Å²) in [6.07, 6.45) is 0.572. The van der Waals surface area contributed by atoms with Crippen LogP contribution in [0.2, 0.25) is 5.22 Å². The second-order valence-electron chi connectivity index (χ2n) is 2.75. The highest BCUT2D eigenvalue weighted by molar-refractivity contribution is 6.28. The van der Waals surface area contributed by atoms with Gasteiger partial charge >= 0.3 is 0 Å². The van der Waals surface area contributed by atoms with Crippen molar-refractivity contribution in [1.82, 2.24) is 5.32 Å². The third-order valence-electron chi connectivity index (χ3n) is 1.92. The average molecular weight is 186 g/mol. The second-order valence-corrected chi connectivity index (χ2v) is 3.12. The maximum Gasteiger partial charge on any atom is 0.193 e. The van der Waals surface area contributed by atoms with Crippen molar-refractivity contribution in [1.29, 1.82) is 0 Å². The first-order valence-electron chi connectivity index (χ1n) is 3.79. The van der Waals surface area contributed by atoms with E-state index in [2.05, 4.69) is 5.32 Å². The summed E-state index contributed by atoms with van der Waals surface area (Å²) >= 11 is 5.58. The number of carbonyl (C=O) groups excluding carboxylic acids is 1. The van der Waals surface area contributed by atoms with Crippen molar-refractivity contribution in [3.05, 3.63) is 23.1 Å². The first-order chi connectivity index (χ1) is 5.77. The summed E-state index contributed by atoms with van der Waals surface area (Å²) in [4.78, 5) is 11.2. The van der Waals surface area contributed by atoms with Gasteiger partial charge in [0, 0.05) is 13.0 Å². The minimum Gasteiger partial charge on any atom is -0.448 e. The van der Waals surface area contributed by atoms with Crippen LogP contribution in [-0.2, 0) is 4.79 Å². The van der Waals surface area contributed by atoms with Crippen molar-refractivity contribution in [2.24, 2.45) is 0 Å². The molecule has 0 bridgehead atoms. The number of ketones is 1. The van der Waals surface area contributed by atoms with Gasteiger partial charge in [0.1, 0.15) is 11.8 Å². The lowest BCUT2D eigenvalue weighted by molar-refractivity contribution is -0.119. The smallest absolute Gasteiger partial charge is 0.193 e. The molecular formula is C8H8ClNO2. The third kappa shape index (κ3) is 1.26. The number of hydrogen-bond acceptors (Lipinski definition) is 3. The quantitative estimate of drug-likeness (QED) is 0.722. The van der Waals surface area contributed by atoms with E-state index in [9.17, 15) is 4.79 Å². The van der Waals surface area contributed by atoms with Gasteiger partial charge < -0.3 is 9.73 Å². The summed E-state index contributed by atoms with van der Waals surface area (Å²) in [6, 6.07) is 3.09. The molecule has 1 atom stereocenters. The van der Waals surface area contributed by atoms with Gasteiger partial charge in [-0.05, 0) is 23.7 Å². The lowest BCUT2D eigenvalue weighted by Gasteiger charge is -2.03. The Balaban J connectivity index is 2.24. The maximum atomic E-state index is 11.2.